The third-order valence-corrected chi connectivity index (χ3v) is 3.56. The monoisotopic (exact) mass is 380 g/mol. The van der Waals surface area contributed by atoms with Gasteiger partial charge in [-0.15, -0.1) is 0 Å². The van der Waals surface area contributed by atoms with Crippen LogP contribution in [-0.2, 0) is 20.7 Å². The summed E-state index contributed by atoms with van der Waals surface area (Å²) in [4.78, 5) is 28.5. The van der Waals surface area contributed by atoms with E-state index in [1.807, 2.05) is 12.1 Å². The Morgan fingerprint density at radius 2 is 1.96 bits per heavy atom. The van der Waals surface area contributed by atoms with E-state index in [0.29, 0.717) is 11.2 Å². The van der Waals surface area contributed by atoms with Crippen molar-refractivity contribution in [1.82, 2.24) is 10.3 Å². The van der Waals surface area contributed by atoms with E-state index in [2.05, 4.69) is 10.3 Å². The number of alkyl carbamates (subject to hydrolysis) is 1. The van der Waals surface area contributed by atoms with Gasteiger partial charge in [-0.2, -0.15) is 10.5 Å². The molecule has 1 aromatic carbocycles. The van der Waals surface area contributed by atoms with Crippen LogP contribution in [0.2, 0.25) is 0 Å². The van der Waals surface area contributed by atoms with Gasteiger partial charge in [0.05, 0.1) is 5.52 Å². The number of rotatable bonds is 5. The van der Waals surface area contributed by atoms with Crippen molar-refractivity contribution in [3.63, 3.8) is 0 Å². The van der Waals surface area contributed by atoms with Crippen molar-refractivity contribution >= 4 is 23.0 Å². The molecule has 144 valence electrons. The van der Waals surface area contributed by atoms with Gasteiger partial charge in [0.25, 0.3) is 0 Å². The Hall–Kier alpha value is -3.65. The molecule has 1 N–H and O–H groups in total. The zero-order valence-corrected chi connectivity index (χ0v) is 15.9. The molecule has 0 fully saturated rings. The van der Waals surface area contributed by atoms with Gasteiger partial charge in [0, 0.05) is 11.8 Å². The van der Waals surface area contributed by atoms with Crippen LogP contribution in [0.3, 0.4) is 0 Å². The van der Waals surface area contributed by atoms with Crippen molar-refractivity contribution < 1.29 is 19.1 Å². The molecule has 0 unspecified atom stereocenters. The molecular weight excluding hydrogens is 360 g/mol. The second-order valence-corrected chi connectivity index (χ2v) is 7.00. The number of nitriles is 2. The first-order valence-corrected chi connectivity index (χ1v) is 8.55. The van der Waals surface area contributed by atoms with Gasteiger partial charge in [0.1, 0.15) is 29.5 Å². The third-order valence-electron chi connectivity index (χ3n) is 3.56. The molecule has 2 aromatic rings. The summed E-state index contributed by atoms with van der Waals surface area (Å²) in [5.74, 6) is -0.731. The number of pyridine rings is 1. The predicted octanol–water partition coefficient (Wildman–Crippen LogP) is 2.61. The minimum Gasteiger partial charge on any atom is -0.449 e. The van der Waals surface area contributed by atoms with Crippen LogP contribution in [0, 0.1) is 22.7 Å². The van der Waals surface area contributed by atoms with Gasteiger partial charge in [0.15, 0.2) is 6.61 Å². The molecule has 28 heavy (non-hydrogen) atoms. The second-order valence-electron chi connectivity index (χ2n) is 7.00. The smallest absolute Gasteiger partial charge is 0.408 e. The predicted molar refractivity (Wildman–Crippen MR) is 99.9 cm³/mol. The summed E-state index contributed by atoms with van der Waals surface area (Å²) >= 11 is 0. The maximum Gasteiger partial charge on any atom is 0.408 e. The molecule has 0 aliphatic rings. The van der Waals surface area contributed by atoms with Crippen LogP contribution in [0.4, 0.5) is 4.79 Å². The molecule has 0 aliphatic heterocycles. The molecular formula is C20H20N4O4. The molecule has 8 nitrogen and oxygen atoms in total. The quantitative estimate of drug-likeness (QED) is 0.790. The van der Waals surface area contributed by atoms with E-state index in [-0.39, 0.29) is 6.42 Å². The summed E-state index contributed by atoms with van der Waals surface area (Å²) in [6, 6.07) is 11.3. The molecule has 1 heterocycles. The standard InChI is InChI=1S/C20H20N4O4/c1-20(2,3)28-19(26)24-17(18(25)27-9-8-21)11-13-4-7-16-14(10-13)5-6-15(12-22)23-16/h4-7,10,17H,9,11H2,1-3H3,(H,24,26)/t17-/m0/s1. The number of nitrogens with zero attached hydrogens (tertiary/aromatic N) is 3. The van der Waals surface area contributed by atoms with Crippen LogP contribution >= 0.6 is 0 Å². The molecule has 0 saturated carbocycles. The number of nitrogens with one attached hydrogen (secondary N) is 1. The Balaban J connectivity index is 2.22. The summed E-state index contributed by atoms with van der Waals surface area (Å²) < 4.78 is 10.0. The van der Waals surface area contributed by atoms with Crippen LogP contribution in [0.25, 0.3) is 10.9 Å². The van der Waals surface area contributed by atoms with E-state index < -0.39 is 30.3 Å². The highest BCUT2D eigenvalue weighted by atomic mass is 16.6. The number of amides is 1. The molecule has 0 spiro atoms. The fourth-order valence-corrected chi connectivity index (χ4v) is 2.45. The van der Waals surface area contributed by atoms with E-state index in [0.717, 1.165) is 10.9 Å². The van der Waals surface area contributed by atoms with Crippen LogP contribution in [0.1, 0.15) is 32.0 Å². The minimum absolute atomic E-state index is 0.138. The molecule has 0 bridgehead atoms. The highest BCUT2D eigenvalue weighted by Crippen LogP contribution is 2.17. The molecule has 1 amide bonds. The van der Waals surface area contributed by atoms with Gasteiger partial charge in [0.2, 0.25) is 0 Å². The molecule has 1 atom stereocenters. The number of hydrogen-bond acceptors (Lipinski definition) is 7. The fraction of sp³-hybridized carbons (Fsp3) is 0.350. The minimum atomic E-state index is -1.02. The summed E-state index contributed by atoms with van der Waals surface area (Å²) in [7, 11) is 0. The van der Waals surface area contributed by atoms with Crippen LogP contribution in [0.5, 0.6) is 0 Å². The molecule has 0 aliphatic carbocycles. The van der Waals surface area contributed by atoms with Gasteiger partial charge in [-0.3, -0.25) is 0 Å². The Labute approximate surface area is 162 Å². The lowest BCUT2D eigenvalue weighted by Crippen LogP contribution is -2.45. The number of hydrogen-bond donors (Lipinski definition) is 1. The van der Waals surface area contributed by atoms with Crippen molar-refractivity contribution in [1.29, 1.82) is 10.5 Å². The highest BCUT2D eigenvalue weighted by Gasteiger charge is 2.26. The Morgan fingerprint density at radius 3 is 2.61 bits per heavy atom. The third kappa shape index (κ3) is 5.96. The largest absolute Gasteiger partial charge is 0.449 e. The average molecular weight is 380 g/mol. The van der Waals surface area contributed by atoms with Gasteiger partial charge in [-0.05, 0) is 50.6 Å². The topological polar surface area (TPSA) is 125 Å². The molecule has 0 saturated heterocycles. The normalized spacial score (nSPS) is 11.8. The maximum absolute atomic E-state index is 12.3. The Kier molecular flexibility index (Phi) is 6.51. The first-order chi connectivity index (χ1) is 13.2. The van der Waals surface area contributed by atoms with Gasteiger partial charge in [-0.1, -0.05) is 6.07 Å². The number of ether oxygens (including phenoxy) is 2. The van der Waals surface area contributed by atoms with E-state index in [1.54, 1.807) is 51.1 Å². The van der Waals surface area contributed by atoms with Crippen molar-refractivity contribution in [3.05, 3.63) is 41.6 Å². The summed E-state index contributed by atoms with van der Waals surface area (Å²) in [6.45, 7) is 4.72. The lowest BCUT2D eigenvalue weighted by molar-refractivity contribution is -0.144. The fourth-order valence-electron chi connectivity index (χ4n) is 2.45. The van der Waals surface area contributed by atoms with Crippen molar-refractivity contribution in [3.8, 4) is 12.1 Å². The maximum atomic E-state index is 12.3. The highest BCUT2D eigenvalue weighted by molar-refractivity contribution is 5.83. The lowest BCUT2D eigenvalue weighted by Gasteiger charge is -2.22. The second kappa shape index (κ2) is 8.83. The molecule has 1 aromatic heterocycles. The number of fused-ring (bicyclic) bond motifs is 1. The van der Waals surface area contributed by atoms with E-state index in [4.69, 9.17) is 20.0 Å². The van der Waals surface area contributed by atoms with Crippen LogP contribution < -0.4 is 5.32 Å². The van der Waals surface area contributed by atoms with Gasteiger partial charge in [-0.25, -0.2) is 14.6 Å². The number of benzene rings is 1. The van der Waals surface area contributed by atoms with E-state index in [1.165, 1.54) is 0 Å². The number of carbonyl (C=O) groups excluding carboxylic acids is 2. The van der Waals surface area contributed by atoms with Crippen molar-refractivity contribution in [2.75, 3.05) is 6.61 Å². The summed E-state index contributed by atoms with van der Waals surface area (Å²) in [5, 5.41) is 20.8. The first-order valence-electron chi connectivity index (χ1n) is 8.55. The zero-order chi connectivity index (χ0) is 20.7. The number of carbonyl (C=O) groups is 2. The molecule has 8 heteroatoms. The SMILES string of the molecule is CC(C)(C)OC(=O)N[C@@H](Cc1ccc2nc(C#N)ccc2c1)C(=O)OCC#N. The van der Waals surface area contributed by atoms with E-state index >= 15 is 0 Å². The van der Waals surface area contributed by atoms with Crippen molar-refractivity contribution in [2.45, 2.75) is 38.8 Å². The number of esters is 1. The van der Waals surface area contributed by atoms with E-state index in [9.17, 15) is 9.59 Å². The zero-order valence-electron chi connectivity index (χ0n) is 15.9. The average Bonchev–Trinajstić information content (AvgIpc) is 2.63. The summed E-state index contributed by atoms with van der Waals surface area (Å²) in [5.41, 5.74) is 0.975. The Morgan fingerprint density at radius 1 is 1.21 bits per heavy atom. The number of aromatic nitrogens is 1. The molecule has 0 radical (unpaired) electrons. The lowest BCUT2D eigenvalue weighted by atomic mass is 10.0. The van der Waals surface area contributed by atoms with Crippen molar-refractivity contribution in [2.24, 2.45) is 0 Å². The summed E-state index contributed by atoms with van der Waals surface area (Å²) in [6.07, 6.45) is -0.619. The van der Waals surface area contributed by atoms with Crippen LogP contribution in [-0.4, -0.2) is 35.3 Å². The first kappa shape index (κ1) is 20.7. The van der Waals surface area contributed by atoms with Crippen LogP contribution in [0.15, 0.2) is 30.3 Å². The Bertz CT molecular complexity index is 967. The van der Waals surface area contributed by atoms with Gasteiger partial charge >= 0.3 is 12.1 Å². The van der Waals surface area contributed by atoms with Gasteiger partial charge < -0.3 is 14.8 Å². The molecule has 2 rings (SSSR count).